The average Bonchev–Trinajstić information content (AvgIpc) is 2.96. The largest absolute Gasteiger partial charge is 0.478 e. The molecule has 2 N–H and O–H groups in total. The van der Waals surface area contributed by atoms with E-state index in [0.29, 0.717) is 22.9 Å². The van der Waals surface area contributed by atoms with Crippen LogP contribution in [-0.4, -0.2) is 22.1 Å². The molecule has 1 aromatic heterocycles. The maximum Gasteiger partial charge on any atom is 0.339 e. The summed E-state index contributed by atoms with van der Waals surface area (Å²) < 4.78 is 0. The number of hydrogen-bond acceptors (Lipinski definition) is 3. The molecule has 0 amide bonds. The third kappa shape index (κ3) is 2.27. The summed E-state index contributed by atoms with van der Waals surface area (Å²) in [5.74, 6) is 0.0174. The monoisotopic (exact) mass is 240 g/mol. The predicted octanol–water partition coefficient (Wildman–Crippen LogP) is 2.64. The predicted molar refractivity (Wildman–Crippen MR) is 62.0 cm³/mol. The van der Waals surface area contributed by atoms with Gasteiger partial charge in [-0.2, -0.15) is 0 Å². The highest BCUT2D eigenvalue weighted by Crippen LogP contribution is 2.36. The quantitative estimate of drug-likeness (QED) is 0.795. The van der Waals surface area contributed by atoms with Crippen molar-refractivity contribution in [1.82, 2.24) is 4.98 Å². The van der Waals surface area contributed by atoms with E-state index in [1.54, 1.807) is 0 Å². The van der Waals surface area contributed by atoms with Gasteiger partial charge in [0.05, 0.1) is 0 Å². The summed E-state index contributed by atoms with van der Waals surface area (Å²) in [6, 6.07) is 3.30. The Hall–Kier alpha value is -1.29. The van der Waals surface area contributed by atoms with Gasteiger partial charge in [0.1, 0.15) is 16.5 Å². The fourth-order valence-electron chi connectivity index (χ4n) is 1.77. The third-order valence-electron chi connectivity index (χ3n) is 2.86. The Morgan fingerprint density at radius 1 is 1.69 bits per heavy atom. The third-order valence-corrected chi connectivity index (χ3v) is 3.07. The Bertz CT molecular complexity index is 422. The zero-order valence-corrected chi connectivity index (χ0v) is 9.66. The summed E-state index contributed by atoms with van der Waals surface area (Å²) in [4.78, 5) is 15.0. The second-order valence-corrected chi connectivity index (χ2v) is 4.38. The van der Waals surface area contributed by atoms with E-state index in [1.807, 2.05) is 0 Å². The molecule has 0 bridgehead atoms. The Morgan fingerprint density at radius 2 is 2.44 bits per heavy atom. The van der Waals surface area contributed by atoms with Crippen molar-refractivity contribution >= 4 is 23.4 Å². The van der Waals surface area contributed by atoms with Crippen LogP contribution in [0.5, 0.6) is 0 Å². The number of carboxylic acid groups (broad SMARTS) is 1. The van der Waals surface area contributed by atoms with Gasteiger partial charge in [0.2, 0.25) is 0 Å². The standard InChI is InChI=1S/C11H13ClN2O2/c1-2-6-5-8(6)13-10-7(11(15)16)3-4-9(12)14-10/h3-4,6,8H,2,5H2,1H3,(H,13,14)(H,15,16). The number of carbonyl (C=O) groups is 1. The van der Waals surface area contributed by atoms with Crippen LogP contribution in [0.1, 0.15) is 30.1 Å². The molecule has 86 valence electrons. The summed E-state index contributed by atoms with van der Waals surface area (Å²) in [7, 11) is 0. The van der Waals surface area contributed by atoms with Crippen molar-refractivity contribution in [2.45, 2.75) is 25.8 Å². The molecule has 4 nitrogen and oxygen atoms in total. The topological polar surface area (TPSA) is 62.2 Å². The molecule has 0 radical (unpaired) electrons. The molecule has 1 aliphatic carbocycles. The van der Waals surface area contributed by atoms with Crippen LogP contribution in [0, 0.1) is 5.92 Å². The number of rotatable bonds is 4. The molecule has 0 aromatic carbocycles. The number of anilines is 1. The van der Waals surface area contributed by atoms with Gasteiger partial charge < -0.3 is 10.4 Å². The minimum absolute atomic E-state index is 0.172. The van der Waals surface area contributed by atoms with E-state index in [0.717, 1.165) is 12.8 Å². The van der Waals surface area contributed by atoms with Gasteiger partial charge in [0.15, 0.2) is 0 Å². The first kappa shape index (κ1) is 11.2. The van der Waals surface area contributed by atoms with Crippen LogP contribution in [0.15, 0.2) is 12.1 Å². The van der Waals surface area contributed by atoms with Crippen LogP contribution in [0.4, 0.5) is 5.82 Å². The molecule has 16 heavy (non-hydrogen) atoms. The van der Waals surface area contributed by atoms with Crippen LogP contribution < -0.4 is 5.32 Å². The Balaban J connectivity index is 2.18. The minimum Gasteiger partial charge on any atom is -0.478 e. The lowest BCUT2D eigenvalue weighted by molar-refractivity contribution is 0.0697. The van der Waals surface area contributed by atoms with E-state index in [1.165, 1.54) is 12.1 Å². The molecule has 1 fully saturated rings. The molecule has 1 aliphatic rings. The van der Waals surface area contributed by atoms with Gasteiger partial charge in [-0.25, -0.2) is 9.78 Å². The first-order valence-corrected chi connectivity index (χ1v) is 5.66. The van der Waals surface area contributed by atoms with E-state index in [9.17, 15) is 4.79 Å². The molecular weight excluding hydrogens is 228 g/mol. The second-order valence-electron chi connectivity index (χ2n) is 3.99. The van der Waals surface area contributed by atoms with Crippen molar-refractivity contribution in [3.63, 3.8) is 0 Å². The molecule has 1 aromatic rings. The maximum absolute atomic E-state index is 11.0. The molecular formula is C11H13ClN2O2. The average molecular weight is 241 g/mol. The molecule has 1 saturated carbocycles. The second kappa shape index (κ2) is 4.29. The van der Waals surface area contributed by atoms with Gasteiger partial charge in [-0.3, -0.25) is 0 Å². The number of halogens is 1. The Kier molecular flexibility index (Phi) is 3.01. The van der Waals surface area contributed by atoms with Crippen molar-refractivity contribution in [3.05, 3.63) is 22.8 Å². The van der Waals surface area contributed by atoms with Crippen molar-refractivity contribution in [2.75, 3.05) is 5.32 Å². The summed E-state index contributed by atoms with van der Waals surface area (Å²) in [5, 5.41) is 12.4. The lowest BCUT2D eigenvalue weighted by Gasteiger charge is -2.08. The first-order chi connectivity index (χ1) is 7.61. The van der Waals surface area contributed by atoms with Crippen molar-refractivity contribution in [2.24, 2.45) is 5.92 Å². The number of nitrogens with one attached hydrogen (secondary N) is 1. The summed E-state index contributed by atoms with van der Waals surface area (Å²) in [6.45, 7) is 2.12. The van der Waals surface area contributed by atoms with Gasteiger partial charge in [0.25, 0.3) is 0 Å². The lowest BCUT2D eigenvalue weighted by Crippen LogP contribution is -2.11. The van der Waals surface area contributed by atoms with E-state index < -0.39 is 5.97 Å². The number of aromatic carboxylic acids is 1. The van der Waals surface area contributed by atoms with Crippen molar-refractivity contribution in [3.8, 4) is 0 Å². The number of hydrogen-bond donors (Lipinski definition) is 2. The number of aromatic nitrogens is 1. The van der Waals surface area contributed by atoms with Crippen LogP contribution in [0.25, 0.3) is 0 Å². The molecule has 2 rings (SSSR count). The SMILES string of the molecule is CCC1CC1Nc1nc(Cl)ccc1C(=O)O. The van der Waals surface area contributed by atoms with Crippen LogP contribution in [-0.2, 0) is 0 Å². The summed E-state index contributed by atoms with van der Waals surface area (Å²) in [6.07, 6.45) is 2.17. The van der Waals surface area contributed by atoms with Crippen molar-refractivity contribution < 1.29 is 9.90 Å². The number of nitrogens with zero attached hydrogens (tertiary/aromatic N) is 1. The fourth-order valence-corrected chi connectivity index (χ4v) is 1.92. The van der Waals surface area contributed by atoms with Crippen LogP contribution >= 0.6 is 11.6 Å². The molecule has 5 heteroatoms. The Labute approximate surface area is 98.6 Å². The fraction of sp³-hybridized carbons (Fsp3) is 0.455. The van der Waals surface area contributed by atoms with Gasteiger partial charge >= 0.3 is 5.97 Å². The normalized spacial score (nSPS) is 22.9. The maximum atomic E-state index is 11.0. The van der Waals surface area contributed by atoms with E-state index >= 15 is 0 Å². The zero-order chi connectivity index (χ0) is 11.7. The molecule has 2 unspecified atom stereocenters. The number of carboxylic acids is 1. The summed E-state index contributed by atoms with van der Waals surface area (Å²) in [5.41, 5.74) is 0.172. The molecule has 1 heterocycles. The summed E-state index contributed by atoms with van der Waals surface area (Å²) >= 11 is 5.75. The van der Waals surface area contributed by atoms with E-state index in [2.05, 4.69) is 17.2 Å². The smallest absolute Gasteiger partial charge is 0.339 e. The van der Waals surface area contributed by atoms with Gasteiger partial charge in [-0.05, 0) is 24.5 Å². The van der Waals surface area contributed by atoms with Crippen molar-refractivity contribution in [1.29, 1.82) is 0 Å². The molecule has 0 aliphatic heterocycles. The molecule has 0 saturated heterocycles. The van der Waals surface area contributed by atoms with E-state index in [-0.39, 0.29) is 5.56 Å². The van der Waals surface area contributed by atoms with Gasteiger partial charge in [-0.15, -0.1) is 0 Å². The highest BCUT2D eigenvalue weighted by Gasteiger charge is 2.36. The van der Waals surface area contributed by atoms with Gasteiger partial charge in [0, 0.05) is 6.04 Å². The number of pyridine rings is 1. The van der Waals surface area contributed by atoms with Crippen LogP contribution in [0.3, 0.4) is 0 Å². The van der Waals surface area contributed by atoms with E-state index in [4.69, 9.17) is 16.7 Å². The molecule has 2 atom stereocenters. The minimum atomic E-state index is -0.986. The van der Waals surface area contributed by atoms with Crippen LogP contribution in [0.2, 0.25) is 5.15 Å². The lowest BCUT2D eigenvalue weighted by atomic mass is 10.2. The first-order valence-electron chi connectivity index (χ1n) is 5.28. The zero-order valence-electron chi connectivity index (χ0n) is 8.90. The molecule has 0 spiro atoms. The highest BCUT2D eigenvalue weighted by molar-refractivity contribution is 6.29. The van der Waals surface area contributed by atoms with Gasteiger partial charge in [-0.1, -0.05) is 24.9 Å². The highest BCUT2D eigenvalue weighted by atomic mass is 35.5. The Morgan fingerprint density at radius 3 is 3.00 bits per heavy atom.